The summed E-state index contributed by atoms with van der Waals surface area (Å²) >= 11 is 0. The third-order valence-corrected chi connectivity index (χ3v) is 10.7. The molecule has 45 heavy (non-hydrogen) atoms. The van der Waals surface area contributed by atoms with E-state index in [4.69, 9.17) is 4.74 Å². The molecule has 3 aliphatic rings. The highest BCUT2D eigenvalue weighted by Crippen LogP contribution is 2.51. The van der Waals surface area contributed by atoms with Gasteiger partial charge in [-0.05, 0) is 87.4 Å². The number of nitrogens with zero attached hydrogens (tertiary/aromatic N) is 4. The van der Waals surface area contributed by atoms with Gasteiger partial charge in [-0.15, -0.1) is 0 Å². The summed E-state index contributed by atoms with van der Waals surface area (Å²) in [6, 6.07) is 16.4. The van der Waals surface area contributed by atoms with E-state index in [0.29, 0.717) is 11.8 Å². The van der Waals surface area contributed by atoms with E-state index < -0.39 is 11.7 Å². The molecular weight excluding hydrogens is 579 g/mol. The van der Waals surface area contributed by atoms with Gasteiger partial charge in [0.1, 0.15) is 5.82 Å². The van der Waals surface area contributed by atoms with Crippen molar-refractivity contribution >= 4 is 11.8 Å². The Balaban J connectivity index is 1.18. The Hall–Kier alpha value is -3.53. The number of amides is 1. The number of benzene rings is 2. The van der Waals surface area contributed by atoms with Crippen LogP contribution in [0.3, 0.4) is 0 Å². The molecule has 0 radical (unpaired) electrons. The lowest BCUT2D eigenvalue weighted by Crippen LogP contribution is -2.56. The van der Waals surface area contributed by atoms with Crippen LogP contribution in [0.4, 0.5) is 23.7 Å². The van der Waals surface area contributed by atoms with Gasteiger partial charge < -0.3 is 24.4 Å². The summed E-state index contributed by atoms with van der Waals surface area (Å²) in [4.78, 5) is 21.8. The molecule has 6 rings (SSSR count). The lowest BCUT2D eigenvalue weighted by atomic mass is 9.58. The van der Waals surface area contributed by atoms with Gasteiger partial charge in [0, 0.05) is 61.6 Å². The standard InChI is InChI=1S/C35H44F3N5O2/c1-25-39-17-20-42(25)24-34(27-7-4-3-5-8-27,31-9-6-10-32(31)40-33(44)45-2)28-15-18-41(19-16-28)21-26-22-43(23-26)30-13-11-29(12-14-30)35(36,37)38/h3-5,7-8,11-14,17,20,26,28,31-32H,6,9-10,15-16,18-19,21-24H2,1-2H3,(H,40,44). The van der Waals surface area contributed by atoms with Gasteiger partial charge in [0.05, 0.1) is 12.7 Å². The first-order valence-corrected chi connectivity index (χ1v) is 16.2. The fraction of sp³-hybridized carbons (Fsp3) is 0.543. The van der Waals surface area contributed by atoms with Gasteiger partial charge >= 0.3 is 12.3 Å². The van der Waals surface area contributed by atoms with Crippen LogP contribution in [-0.4, -0.2) is 66.4 Å². The van der Waals surface area contributed by atoms with E-state index in [-0.39, 0.29) is 23.5 Å². The number of carbonyl (C=O) groups is 1. The number of rotatable bonds is 9. The number of likely N-dealkylation sites (tertiary alicyclic amines) is 1. The molecule has 2 aliphatic heterocycles. The first kappa shape index (κ1) is 31.5. The Morgan fingerprint density at radius 3 is 2.31 bits per heavy atom. The summed E-state index contributed by atoms with van der Waals surface area (Å²) in [5, 5.41) is 3.21. The number of piperidine rings is 1. The van der Waals surface area contributed by atoms with E-state index >= 15 is 0 Å². The summed E-state index contributed by atoms with van der Waals surface area (Å²) in [5.74, 6) is 2.15. The van der Waals surface area contributed by atoms with Gasteiger partial charge in [-0.2, -0.15) is 13.2 Å². The van der Waals surface area contributed by atoms with E-state index in [0.717, 1.165) is 82.9 Å². The van der Waals surface area contributed by atoms with Gasteiger partial charge in [-0.25, -0.2) is 9.78 Å². The van der Waals surface area contributed by atoms with Crippen molar-refractivity contribution in [1.82, 2.24) is 19.8 Å². The number of imidazole rings is 1. The number of nitrogens with one attached hydrogen (secondary N) is 1. The average Bonchev–Trinajstić information content (AvgIpc) is 3.66. The van der Waals surface area contributed by atoms with Crippen LogP contribution in [-0.2, 0) is 22.9 Å². The Bertz CT molecular complexity index is 1420. The molecule has 1 aromatic heterocycles. The highest BCUT2D eigenvalue weighted by molar-refractivity contribution is 5.67. The second kappa shape index (κ2) is 13.1. The molecule has 7 nitrogen and oxygen atoms in total. The van der Waals surface area contributed by atoms with E-state index in [1.165, 1.54) is 24.8 Å². The normalized spacial score (nSPS) is 23.0. The van der Waals surface area contributed by atoms with Crippen molar-refractivity contribution in [3.8, 4) is 0 Å². The van der Waals surface area contributed by atoms with Crippen LogP contribution in [0.2, 0.25) is 0 Å². The fourth-order valence-corrected chi connectivity index (χ4v) is 8.40. The molecule has 10 heteroatoms. The number of alkyl halides is 3. The van der Waals surface area contributed by atoms with Crippen molar-refractivity contribution < 1.29 is 22.7 Å². The number of carbonyl (C=O) groups excluding carboxylic acids is 1. The fourth-order valence-electron chi connectivity index (χ4n) is 8.40. The van der Waals surface area contributed by atoms with Crippen LogP contribution >= 0.6 is 0 Å². The lowest BCUT2D eigenvalue weighted by Gasteiger charge is -2.51. The van der Waals surface area contributed by atoms with Gasteiger partial charge in [-0.1, -0.05) is 36.8 Å². The Labute approximate surface area is 263 Å². The van der Waals surface area contributed by atoms with Crippen LogP contribution in [0.1, 0.15) is 49.1 Å². The third kappa shape index (κ3) is 6.57. The molecule has 0 spiro atoms. The first-order valence-electron chi connectivity index (χ1n) is 16.2. The van der Waals surface area contributed by atoms with Crippen molar-refractivity contribution in [2.45, 2.75) is 63.2 Å². The van der Waals surface area contributed by atoms with Crippen molar-refractivity contribution in [3.05, 3.63) is 83.9 Å². The van der Waals surface area contributed by atoms with Crippen molar-refractivity contribution in [2.75, 3.05) is 44.7 Å². The molecule has 1 amide bonds. The molecule has 3 aromatic rings. The van der Waals surface area contributed by atoms with Gasteiger partial charge in [0.2, 0.25) is 0 Å². The summed E-state index contributed by atoms with van der Waals surface area (Å²) in [7, 11) is 1.43. The number of methoxy groups -OCH3 is 1. The van der Waals surface area contributed by atoms with E-state index in [9.17, 15) is 18.0 Å². The van der Waals surface area contributed by atoms with E-state index in [2.05, 4.69) is 68.1 Å². The van der Waals surface area contributed by atoms with Crippen LogP contribution in [0.25, 0.3) is 0 Å². The quantitative estimate of drug-likeness (QED) is 0.294. The number of ether oxygens (including phenoxy) is 1. The minimum Gasteiger partial charge on any atom is -0.453 e. The maximum atomic E-state index is 13.0. The predicted octanol–water partition coefficient (Wildman–Crippen LogP) is 6.52. The molecule has 2 aromatic carbocycles. The number of halogens is 3. The van der Waals surface area contributed by atoms with Crippen LogP contribution in [0.5, 0.6) is 0 Å². The van der Waals surface area contributed by atoms with E-state index in [1.54, 1.807) is 12.1 Å². The maximum Gasteiger partial charge on any atom is 0.416 e. The minimum absolute atomic E-state index is 0.0330. The molecular formula is C35H44F3N5O2. The van der Waals surface area contributed by atoms with Crippen LogP contribution in [0.15, 0.2) is 67.0 Å². The summed E-state index contributed by atoms with van der Waals surface area (Å²) in [6.07, 6.45) is 4.43. The zero-order valence-electron chi connectivity index (χ0n) is 26.2. The number of aromatic nitrogens is 2. The molecule has 2 saturated heterocycles. The number of alkyl carbamates (subject to hydrolysis) is 1. The molecule has 242 valence electrons. The maximum absolute atomic E-state index is 13.0. The summed E-state index contributed by atoms with van der Waals surface area (Å²) < 4.78 is 46.3. The average molecular weight is 624 g/mol. The van der Waals surface area contributed by atoms with Crippen molar-refractivity contribution in [3.63, 3.8) is 0 Å². The van der Waals surface area contributed by atoms with Crippen LogP contribution in [0, 0.1) is 24.7 Å². The number of anilines is 1. The highest BCUT2D eigenvalue weighted by atomic mass is 19.4. The molecule has 0 bridgehead atoms. The smallest absolute Gasteiger partial charge is 0.416 e. The first-order chi connectivity index (χ1) is 21.7. The SMILES string of the molecule is COC(=O)NC1CCCC1C(Cn1ccnc1C)(c1ccccc1)C1CCN(CC2CN(c3ccc(C(F)(F)F)cc3)C2)CC1. The molecule has 3 atom stereocenters. The number of hydrogen-bond acceptors (Lipinski definition) is 5. The second-order valence-corrected chi connectivity index (χ2v) is 13.2. The highest BCUT2D eigenvalue weighted by Gasteiger charge is 2.52. The molecule has 1 aliphatic carbocycles. The minimum atomic E-state index is -4.31. The number of hydrogen-bond donors (Lipinski definition) is 1. The lowest BCUT2D eigenvalue weighted by molar-refractivity contribution is -0.137. The van der Waals surface area contributed by atoms with Crippen molar-refractivity contribution in [1.29, 1.82) is 0 Å². The largest absolute Gasteiger partial charge is 0.453 e. The summed E-state index contributed by atoms with van der Waals surface area (Å²) in [6.45, 7) is 7.59. The van der Waals surface area contributed by atoms with Gasteiger partial charge in [-0.3, -0.25) is 0 Å². The zero-order valence-corrected chi connectivity index (χ0v) is 26.2. The van der Waals surface area contributed by atoms with Gasteiger partial charge in [0.15, 0.2) is 0 Å². The number of aryl methyl sites for hydroxylation is 1. The second-order valence-electron chi connectivity index (χ2n) is 13.2. The molecule has 3 fully saturated rings. The Morgan fingerprint density at radius 1 is 0.978 bits per heavy atom. The monoisotopic (exact) mass is 623 g/mol. The molecule has 1 saturated carbocycles. The molecule has 3 unspecified atom stereocenters. The molecule has 3 heterocycles. The summed E-state index contributed by atoms with van der Waals surface area (Å²) in [5.41, 5.74) is 1.38. The van der Waals surface area contributed by atoms with E-state index in [1.807, 2.05) is 6.20 Å². The predicted molar refractivity (Wildman–Crippen MR) is 168 cm³/mol. The molecule has 1 N–H and O–H groups in total. The third-order valence-electron chi connectivity index (χ3n) is 10.7. The van der Waals surface area contributed by atoms with Crippen molar-refractivity contribution in [2.24, 2.45) is 17.8 Å². The van der Waals surface area contributed by atoms with Crippen LogP contribution < -0.4 is 10.2 Å². The topological polar surface area (TPSA) is 62.6 Å². The van der Waals surface area contributed by atoms with Gasteiger partial charge in [0.25, 0.3) is 0 Å². The zero-order chi connectivity index (χ0) is 31.6. The Morgan fingerprint density at radius 2 is 1.69 bits per heavy atom. The Kier molecular flexibility index (Phi) is 9.13.